The Morgan fingerprint density at radius 1 is 1.45 bits per heavy atom. The fourth-order valence-electron chi connectivity index (χ4n) is 2.20. The third kappa shape index (κ3) is 2.96. The summed E-state index contributed by atoms with van der Waals surface area (Å²) in [6.45, 7) is 5.34. The normalized spacial score (nSPS) is 19.5. The number of hydrogen-bond donors (Lipinski definition) is 1. The molecule has 20 heavy (non-hydrogen) atoms. The van der Waals surface area contributed by atoms with Crippen LogP contribution in [0.3, 0.4) is 0 Å². The Balaban J connectivity index is 2.36. The Labute approximate surface area is 124 Å². The molecule has 0 saturated carbocycles. The number of benzene rings is 1. The van der Waals surface area contributed by atoms with Crippen LogP contribution < -0.4 is 5.32 Å². The van der Waals surface area contributed by atoms with Crippen molar-refractivity contribution in [2.24, 2.45) is 0 Å². The summed E-state index contributed by atoms with van der Waals surface area (Å²) in [5, 5.41) is 12.2. The van der Waals surface area contributed by atoms with Crippen molar-refractivity contribution in [3.8, 4) is 6.07 Å². The van der Waals surface area contributed by atoms with Crippen LogP contribution in [-0.2, 0) is 10.0 Å². The smallest absolute Gasteiger partial charge is 0.243 e. The van der Waals surface area contributed by atoms with E-state index in [1.54, 1.807) is 0 Å². The second-order valence-electron chi connectivity index (χ2n) is 5.40. The van der Waals surface area contributed by atoms with Crippen LogP contribution in [0.15, 0.2) is 23.1 Å². The minimum absolute atomic E-state index is 0.124. The van der Waals surface area contributed by atoms with Crippen molar-refractivity contribution in [3.63, 3.8) is 0 Å². The second-order valence-corrected chi connectivity index (χ2v) is 7.75. The van der Waals surface area contributed by atoms with Crippen LogP contribution in [0.2, 0.25) is 5.02 Å². The molecule has 1 saturated heterocycles. The summed E-state index contributed by atoms with van der Waals surface area (Å²) < 4.78 is 26.6. The predicted molar refractivity (Wildman–Crippen MR) is 77.0 cm³/mol. The number of nitrogens with zero attached hydrogens (tertiary/aromatic N) is 2. The molecule has 0 radical (unpaired) electrons. The molecule has 1 N–H and O–H groups in total. The monoisotopic (exact) mass is 313 g/mol. The summed E-state index contributed by atoms with van der Waals surface area (Å²) >= 11 is 5.91. The molecule has 1 aliphatic rings. The molecular weight excluding hydrogens is 298 g/mol. The number of nitrogens with one attached hydrogen (secondary N) is 1. The maximum Gasteiger partial charge on any atom is 0.243 e. The minimum atomic E-state index is -3.58. The fraction of sp³-hybridized carbons (Fsp3) is 0.462. The van der Waals surface area contributed by atoms with E-state index in [0.717, 1.165) is 0 Å². The molecule has 0 bridgehead atoms. The lowest BCUT2D eigenvalue weighted by Crippen LogP contribution is -2.58. The number of rotatable bonds is 2. The molecular formula is C13H16ClN3O2S. The average molecular weight is 314 g/mol. The summed E-state index contributed by atoms with van der Waals surface area (Å²) in [4.78, 5) is 0.124. The maximum absolute atomic E-state index is 12.6. The number of nitriles is 1. The molecule has 1 aliphatic heterocycles. The molecule has 0 spiro atoms. The van der Waals surface area contributed by atoms with Crippen LogP contribution >= 0.6 is 11.6 Å². The SMILES string of the molecule is CC1(C)CN(S(=O)(=O)c2ccc(C#N)c(Cl)c2)CCN1. The zero-order chi connectivity index (χ0) is 15.0. The van der Waals surface area contributed by atoms with E-state index in [2.05, 4.69) is 5.32 Å². The molecule has 5 nitrogen and oxygen atoms in total. The van der Waals surface area contributed by atoms with Crippen LogP contribution in [0.1, 0.15) is 19.4 Å². The quantitative estimate of drug-likeness (QED) is 0.899. The van der Waals surface area contributed by atoms with Crippen molar-refractivity contribution in [2.75, 3.05) is 19.6 Å². The van der Waals surface area contributed by atoms with E-state index in [1.807, 2.05) is 19.9 Å². The zero-order valence-corrected chi connectivity index (χ0v) is 12.9. The molecule has 0 unspecified atom stereocenters. The molecule has 0 atom stereocenters. The van der Waals surface area contributed by atoms with Gasteiger partial charge in [-0.2, -0.15) is 9.57 Å². The van der Waals surface area contributed by atoms with Crippen LogP contribution in [0.4, 0.5) is 0 Å². The lowest BCUT2D eigenvalue weighted by atomic mass is 10.0. The lowest BCUT2D eigenvalue weighted by Gasteiger charge is -2.38. The van der Waals surface area contributed by atoms with Gasteiger partial charge in [0.15, 0.2) is 0 Å². The highest BCUT2D eigenvalue weighted by Crippen LogP contribution is 2.24. The van der Waals surface area contributed by atoms with Gasteiger partial charge in [-0.3, -0.25) is 0 Å². The minimum Gasteiger partial charge on any atom is -0.309 e. The fourth-order valence-corrected chi connectivity index (χ4v) is 4.11. The zero-order valence-electron chi connectivity index (χ0n) is 11.4. The van der Waals surface area contributed by atoms with E-state index in [-0.39, 0.29) is 21.0 Å². The van der Waals surface area contributed by atoms with Crippen LogP contribution in [-0.4, -0.2) is 37.9 Å². The molecule has 108 valence electrons. The highest BCUT2D eigenvalue weighted by molar-refractivity contribution is 7.89. The van der Waals surface area contributed by atoms with Gasteiger partial charge in [-0.15, -0.1) is 0 Å². The third-order valence-electron chi connectivity index (χ3n) is 3.24. The molecule has 1 fully saturated rings. The van der Waals surface area contributed by atoms with Crippen molar-refractivity contribution in [1.29, 1.82) is 5.26 Å². The summed E-state index contributed by atoms with van der Waals surface area (Å²) in [5.74, 6) is 0. The van der Waals surface area contributed by atoms with Gasteiger partial charge in [0.2, 0.25) is 10.0 Å². The van der Waals surface area contributed by atoms with Crippen molar-refractivity contribution in [2.45, 2.75) is 24.3 Å². The Bertz CT molecular complexity index is 665. The topological polar surface area (TPSA) is 73.2 Å². The average Bonchev–Trinajstić information content (AvgIpc) is 2.37. The van der Waals surface area contributed by atoms with E-state index in [4.69, 9.17) is 16.9 Å². The molecule has 0 aromatic heterocycles. The first-order valence-electron chi connectivity index (χ1n) is 6.21. The number of sulfonamides is 1. The first-order valence-corrected chi connectivity index (χ1v) is 8.03. The summed E-state index contributed by atoms with van der Waals surface area (Å²) in [7, 11) is -3.58. The van der Waals surface area contributed by atoms with E-state index in [9.17, 15) is 8.42 Å². The molecule has 1 aromatic carbocycles. The number of hydrogen-bond acceptors (Lipinski definition) is 4. The highest BCUT2D eigenvalue weighted by atomic mass is 35.5. The van der Waals surface area contributed by atoms with E-state index < -0.39 is 10.0 Å². The van der Waals surface area contributed by atoms with Gasteiger partial charge in [0.25, 0.3) is 0 Å². The summed E-state index contributed by atoms with van der Waals surface area (Å²) in [5.41, 5.74) is 0.00749. The van der Waals surface area contributed by atoms with Gasteiger partial charge in [0.05, 0.1) is 15.5 Å². The van der Waals surface area contributed by atoms with Gasteiger partial charge in [0, 0.05) is 25.2 Å². The molecule has 7 heteroatoms. The first-order chi connectivity index (χ1) is 9.26. The van der Waals surface area contributed by atoms with Gasteiger partial charge < -0.3 is 5.32 Å². The van der Waals surface area contributed by atoms with Crippen LogP contribution in [0, 0.1) is 11.3 Å². The van der Waals surface area contributed by atoms with E-state index >= 15 is 0 Å². The molecule has 2 rings (SSSR count). The maximum atomic E-state index is 12.6. The van der Waals surface area contributed by atoms with Crippen LogP contribution in [0.25, 0.3) is 0 Å². The van der Waals surface area contributed by atoms with Crippen molar-refractivity contribution < 1.29 is 8.42 Å². The molecule has 0 amide bonds. The molecule has 1 heterocycles. The predicted octanol–water partition coefficient (Wildman–Crippen LogP) is 1.58. The number of halogens is 1. The summed E-state index contributed by atoms with van der Waals surface area (Å²) in [6.07, 6.45) is 0. The van der Waals surface area contributed by atoms with Gasteiger partial charge in [-0.1, -0.05) is 11.6 Å². The summed E-state index contributed by atoms with van der Waals surface area (Å²) in [6, 6.07) is 6.11. The van der Waals surface area contributed by atoms with Gasteiger partial charge in [-0.25, -0.2) is 8.42 Å². The number of piperazine rings is 1. The molecule has 0 aliphatic carbocycles. The Morgan fingerprint density at radius 2 is 2.15 bits per heavy atom. The highest BCUT2D eigenvalue weighted by Gasteiger charge is 2.33. The largest absolute Gasteiger partial charge is 0.309 e. The van der Waals surface area contributed by atoms with E-state index in [0.29, 0.717) is 19.6 Å². The Hall–Kier alpha value is -1.13. The lowest BCUT2D eigenvalue weighted by molar-refractivity contribution is 0.233. The molecule has 1 aromatic rings. The van der Waals surface area contributed by atoms with Crippen molar-refractivity contribution >= 4 is 21.6 Å². The second kappa shape index (κ2) is 5.34. The van der Waals surface area contributed by atoms with E-state index in [1.165, 1.54) is 22.5 Å². The standard InChI is InChI=1S/C13H16ClN3O2S/c1-13(2)9-17(6-5-16-13)20(18,19)11-4-3-10(8-15)12(14)7-11/h3-4,7,16H,5-6,9H2,1-2H3. The van der Waals surface area contributed by atoms with Gasteiger partial charge >= 0.3 is 0 Å². The Morgan fingerprint density at radius 3 is 2.70 bits per heavy atom. The van der Waals surface area contributed by atoms with Crippen molar-refractivity contribution in [3.05, 3.63) is 28.8 Å². The first kappa shape index (κ1) is 15.3. The Kier molecular flexibility index (Phi) is 4.07. The third-order valence-corrected chi connectivity index (χ3v) is 5.39. The van der Waals surface area contributed by atoms with Crippen LogP contribution in [0.5, 0.6) is 0 Å². The van der Waals surface area contributed by atoms with Crippen molar-refractivity contribution in [1.82, 2.24) is 9.62 Å². The van der Waals surface area contributed by atoms with Gasteiger partial charge in [-0.05, 0) is 32.0 Å². The van der Waals surface area contributed by atoms with Gasteiger partial charge in [0.1, 0.15) is 6.07 Å².